The van der Waals surface area contributed by atoms with E-state index in [2.05, 4.69) is 24.5 Å². The first-order chi connectivity index (χ1) is 5.34. The molecule has 1 aliphatic rings. The number of hydrogen-bond donors (Lipinski definition) is 2. The maximum absolute atomic E-state index is 3.54. The van der Waals surface area contributed by atoms with E-state index < -0.39 is 0 Å². The van der Waals surface area contributed by atoms with Gasteiger partial charge < -0.3 is 10.6 Å². The second-order valence-electron chi connectivity index (χ2n) is 3.53. The van der Waals surface area contributed by atoms with Gasteiger partial charge in [-0.1, -0.05) is 20.3 Å². The second-order valence-corrected chi connectivity index (χ2v) is 3.53. The normalized spacial score (nSPS) is 28.4. The molecule has 0 radical (unpaired) electrons. The Morgan fingerprint density at radius 3 is 2.82 bits per heavy atom. The maximum atomic E-state index is 3.54. The number of nitrogens with one attached hydrogen (secondary N) is 2. The van der Waals surface area contributed by atoms with Crippen molar-refractivity contribution in [3.05, 3.63) is 0 Å². The van der Waals surface area contributed by atoms with Crippen molar-refractivity contribution in [3.8, 4) is 0 Å². The summed E-state index contributed by atoms with van der Waals surface area (Å²) in [6, 6.07) is 0.712. The largest absolute Gasteiger partial charge is 0.314 e. The summed E-state index contributed by atoms with van der Waals surface area (Å²) in [4.78, 5) is 0. The Bertz CT molecular complexity index is 97.7. The first-order valence-corrected chi connectivity index (χ1v) is 4.78. The van der Waals surface area contributed by atoms with E-state index >= 15 is 0 Å². The monoisotopic (exact) mass is 156 g/mol. The summed E-state index contributed by atoms with van der Waals surface area (Å²) in [7, 11) is 0. The van der Waals surface area contributed by atoms with Crippen LogP contribution in [0.3, 0.4) is 0 Å². The van der Waals surface area contributed by atoms with Crippen molar-refractivity contribution in [3.63, 3.8) is 0 Å². The van der Waals surface area contributed by atoms with E-state index in [-0.39, 0.29) is 0 Å². The maximum Gasteiger partial charge on any atom is 0.0218 e. The van der Waals surface area contributed by atoms with Crippen LogP contribution in [0.15, 0.2) is 0 Å². The lowest BCUT2D eigenvalue weighted by Crippen LogP contribution is -2.51. The molecule has 0 saturated carbocycles. The van der Waals surface area contributed by atoms with E-state index in [0.29, 0.717) is 6.04 Å². The van der Waals surface area contributed by atoms with E-state index in [1.165, 1.54) is 12.8 Å². The molecule has 2 atom stereocenters. The molecule has 1 saturated heterocycles. The lowest BCUT2D eigenvalue weighted by atomic mass is 9.96. The molecule has 2 heteroatoms. The highest BCUT2D eigenvalue weighted by molar-refractivity contribution is 4.79. The van der Waals surface area contributed by atoms with Crippen LogP contribution in [-0.4, -0.2) is 25.7 Å². The fourth-order valence-electron chi connectivity index (χ4n) is 1.73. The predicted molar refractivity (Wildman–Crippen MR) is 48.7 cm³/mol. The van der Waals surface area contributed by atoms with Crippen LogP contribution < -0.4 is 10.6 Å². The van der Waals surface area contributed by atoms with Crippen molar-refractivity contribution < 1.29 is 0 Å². The van der Waals surface area contributed by atoms with Gasteiger partial charge in [0.1, 0.15) is 0 Å². The third-order valence-corrected chi connectivity index (χ3v) is 2.50. The summed E-state index contributed by atoms with van der Waals surface area (Å²) < 4.78 is 0. The van der Waals surface area contributed by atoms with Crippen LogP contribution in [0, 0.1) is 5.92 Å². The van der Waals surface area contributed by atoms with Crippen LogP contribution in [0.2, 0.25) is 0 Å². The fraction of sp³-hybridized carbons (Fsp3) is 1.00. The molecule has 0 bridgehead atoms. The molecule has 66 valence electrons. The SMILES string of the molecule is CCCC(C)C1CNCCN1. The number of rotatable bonds is 3. The molecule has 0 spiro atoms. The van der Waals surface area contributed by atoms with Gasteiger partial charge in [0.2, 0.25) is 0 Å². The van der Waals surface area contributed by atoms with E-state index in [9.17, 15) is 0 Å². The quantitative estimate of drug-likeness (QED) is 0.636. The molecular formula is C9H20N2. The van der Waals surface area contributed by atoms with Gasteiger partial charge in [-0.25, -0.2) is 0 Å². The van der Waals surface area contributed by atoms with Gasteiger partial charge >= 0.3 is 0 Å². The lowest BCUT2D eigenvalue weighted by molar-refractivity contribution is 0.311. The molecule has 2 nitrogen and oxygen atoms in total. The van der Waals surface area contributed by atoms with Crippen molar-refractivity contribution in [1.82, 2.24) is 10.6 Å². The van der Waals surface area contributed by atoms with Crippen LogP contribution >= 0.6 is 0 Å². The molecule has 0 aromatic heterocycles. The molecule has 2 unspecified atom stereocenters. The molecule has 1 heterocycles. The summed E-state index contributed by atoms with van der Waals surface area (Å²) in [5.74, 6) is 0.827. The molecule has 0 aromatic rings. The van der Waals surface area contributed by atoms with Crippen LogP contribution in [0.4, 0.5) is 0 Å². The highest BCUT2D eigenvalue weighted by Gasteiger charge is 2.17. The Hall–Kier alpha value is -0.0800. The van der Waals surface area contributed by atoms with Gasteiger partial charge in [0.15, 0.2) is 0 Å². The van der Waals surface area contributed by atoms with E-state index in [0.717, 1.165) is 25.6 Å². The first kappa shape index (κ1) is 9.01. The lowest BCUT2D eigenvalue weighted by Gasteiger charge is -2.29. The highest BCUT2D eigenvalue weighted by Crippen LogP contribution is 2.10. The molecular weight excluding hydrogens is 136 g/mol. The average Bonchev–Trinajstić information content (AvgIpc) is 2.07. The minimum absolute atomic E-state index is 0.712. The predicted octanol–water partition coefficient (Wildman–Crippen LogP) is 0.984. The Labute approximate surface area is 69.8 Å². The standard InChI is InChI=1S/C9H20N2/c1-3-4-8(2)9-7-10-5-6-11-9/h8-11H,3-7H2,1-2H3. The van der Waals surface area contributed by atoms with E-state index in [1.54, 1.807) is 0 Å². The van der Waals surface area contributed by atoms with Crippen molar-refractivity contribution in [2.75, 3.05) is 19.6 Å². The van der Waals surface area contributed by atoms with Gasteiger partial charge in [-0.2, -0.15) is 0 Å². The molecule has 2 N–H and O–H groups in total. The zero-order chi connectivity index (χ0) is 8.10. The molecule has 0 amide bonds. The van der Waals surface area contributed by atoms with E-state index in [1.807, 2.05) is 0 Å². The first-order valence-electron chi connectivity index (χ1n) is 4.78. The zero-order valence-corrected chi connectivity index (χ0v) is 7.69. The third kappa shape index (κ3) is 2.80. The van der Waals surface area contributed by atoms with Gasteiger partial charge in [-0.3, -0.25) is 0 Å². The molecule has 0 aromatic carbocycles. The van der Waals surface area contributed by atoms with Crippen molar-refractivity contribution >= 4 is 0 Å². The van der Waals surface area contributed by atoms with Crippen LogP contribution in [0.25, 0.3) is 0 Å². The van der Waals surface area contributed by atoms with Gasteiger partial charge in [0, 0.05) is 25.7 Å². The second kappa shape index (κ2) is 4.73. The minimum atomic E-state index is 0.712. The molecule has 11 heavy (non-hydrogen) atoms. The summed E-state index contributed by atoms with van der Waals surface area (Å²) in [6.45, 7) is 8.02. The number of hydrogen-bond acceptors (Lipinski definition) is 2. The Balaban J connectivity index is 2.21. The summed E-state index contributed by atoms with van der Waals surface area (Å²) in [6.07, 6.45) is 2.65. The van der Waals surface area contributed by atoms with Gasteiger partial charge in [-0.05, 0) is 12.3 Å². The molecule has 1 rings (SSSR count). The summed E-state index contributed by atoms with van der Waals surface area (Å²) >= 11 is 0. The highest BCUT2D eigenvalue weighted by atomic mass is 15.1. The Morgan fingerprint density at radius 1 is 1.45 bits per heavy atom. The Kier molecular flexibility index (Phi) is 3.87. The van der Waals surface area contributed by atoms with Crippen molar-refractivity contribution in [1.29, 1.82) is 0 Å². The van der Waals surface area contributed by atoms with Crippen molar-refractivity contribution in [2.24, 2.45) is 5.92 Å². The molecule has 1 aliphatic heterocycles. The average molecular weight is 156 g/mol. The van der Waals surface area contributed by atoms with Gasteiger partial charge in [0.05, 0.1) is 0 Å². The number of piperazine rings is 1. The summed E-state index contributed by atoms with van der Waals surface area (Å²) in [5, 5.41) is 6.95. The van der Waals surface area contributed by atoms with Gasteiger partial charge in [-0.15, -0.1) is 0 Å². The minimum Gasteiger partial charge on any atom is -0.314 e. The topological polar surface area (TPSA) is 24.1 Å². The zero-order valence-electron chi connectivity index (χ0n) is 7.69. The van der Waals surface area contributed by atoms with Crippen LogP contribution in [0.5, 0.6) is 0 Å². The fourth-order valence-corrected chi connectivity index (χ4v) is 1.73. The third-order valence-electron chi connectivity index (χ3n) is 2.50. The summed E-state index contributed by atoms with van der Waals surface area (Å²) in [5.41, 5.74) is 0. The van der Waals surface area contributed by atoms with Gasteiger partial charge in [0.25, 0.3) is 0 Å². The molecule has 0 aliphatic carbocycles. The molecule has 1 fully saturated rings. The van der Waals surface area contributed by atoms with Crippen molar-refractivity contribution in [2.45, 2.75) is 32.7 Å². The van der Waals surface area contributed by atoms with Crippen LogP contribution in [0.1, 0.15) is 26.7 Å². The smallest absolute Gasteiger partial charge is 0.0218 e. The Morgan fingerprint density at radius 2 is 2.27 bits per heavy atom. The van der Waals surface area contributed by atoms with E-state index in [4.69, 9.17) is 0 Å². The van der Waals surface area contributed by atoms with Crippen LogP contribution in [-0.2, 0) is 0 Å².